The van der Waals surface area contributed by atoms with Crippen LogP contribution in [-0.4, -0.2) is 42.9 Å². The first-order valence-electron chi connectivity index (χ1n) is 8.92. The Labute approximate surface area is 144 Å². The summed E-state index contributed by atoms with van der Waals surface area (Å²) in [5.74, 6) is 0.226. The fraction of sp³-hybridized carbons (Fsp3) is 0.632. The maximum Gasteiger partial charge on any atom is 0.237 e. The molecule has 1 amide bonds. The Kier molecular flexibility index (Phi) is 7.69. The van der Waals surface area contributed by atoms with Crippen LogP contribution in [0.4, 0.5) is 0 Å². The van der Waals surface area contributed by atoms with Crippen molar-refractivity contribution in [3.63, 3.8) is 0 Å². The molecule has 0 spiro atoms. The van der Waals surface area contributed by atoms with Crippen molar-refractivity contribution in [1.82, 2.24) is 10.6 Å². The fourth-order valence-corrected chi connectivity index (χ4v) is 2.97. The number of nitrogens with one attached hydrogen (secondary N) is 2. The van der Waals surface area contributed by atoms with E-state index in [1.165, 1.54) is 0 Å². The minimum absolute atomic E-state index is 0.0109. The number of amides is 1. The van der Waals surface area contributed by atoms with Crippen LogP contribution in [0.1, 0.15) is 44.8 Å². The van der Waals surface area contributed by atoms with Crippen molar-refractivity contribution < 1.29 is 14.6 Å². The lowest BCUT2D eigenvalue weighted by Crippen LogP contribution is -2.52. The van der Waals surface area contributed by atoms with Crippen molar-refractivity contribution in [2.24, 2.45) is 5.92 Å². The predicted molar refractivity (Wildman–Crippen MR) is 94.6 cm³/mol. The second-order valence-electron chi connectivity index (χ2n) is 6.78. The van der Waals surface area contributed by atoms with Crippen LogP contribution in [0.25, 0.3) is 0 Å². The number of hydrogen-bond donors (Lipinski definition) is 3. The molecule has 1 aromatic rings. The van der Waals surface area contributed by atoms with Crippen LogP contribution >= 0.6 is 0 Å². The zero-order valence-electron chi connectivity index (χ0n) is 14.7. The van der Waals surface area contributed by atoms with Crippen molar-refractivity contribution in [2.75, 3.05) is 19.8 Å². The summed E-state index contributed by atoms with van der Waals surface area (Å²) in [6, 6.07) is 9.67. The second kappa shape index (κ2) is 9.77. The monoisotopic (exact) mass is 334 g/mol. The van der Waals surface area contributed by atoms with Gasteiger partial charge in [-0.2, -0.15) is 0 Å². The average molecular weight is 334 g/mol. The lowest BCUT2D eigenvalue weighted by atomic mass is 9.99. The van der Waals surface area contributed by atoms with Crippen molar-refractivity contribution >= 4 is 5.91 Å². The maximum atomic E-state index is 12.5. The van der Waals surface area contributed by atoms with Gasteiger partial charge in [0, 0.05) is 25.8 Å². The largest absolute Gasteiger partial charge is 0.388 e. The van der Waals surface area contributed by atoms with Gasteiger partial charge >= 0.3 is 0 Å². The van der Waals surface area contributed by atoms with Crippen LogP contribution in [0.15, 0.2) is 30.3 Å². The number of ether oxygens (including phenoxy) is 1. The first-order chi connectivity index (χ1) is 11.6. The first-order valence-corrected chi connectivity index (χ1v) is 8.92. The van der Waals surface area contributed by atoms with E-state index in [4.69, 9.17) is 4.74 Å². The third kappa shape index (κ3) is 5.89. The van der Waals surface area contributed by atoms with E-state index in [0.717, 1.165) is 31.6 Å². The van der Waals surface area contributed by atoms with E-state index in [1.54, 1.807) is 0 Å². The minimum atomic E-state index is -0.549. The van der Waals surface area contributed by atoms with Gasteiger partial charge in [-0.3, -0.25) is 4.79 Å². The molecule has 1 aliphatic heterocycles. The van der Waals surface area contributed by atoms with Gasteiger partial charge in [0.2, 0.25) is 5.91 Å². The predicted octanol–water partition coefficient (Wildman–Crippen LogP) is 2.02. The Morgan fingerprint density at radius 3 is 2.54 bits per heavy atom. The van der Waals surface area contributed by atoms with E-state index in [2.05, 4.69) is 24.5 Å². The highest BCUT2D eigenvalue weighted by Gasteiger charge is 2.26. The number of carbonyl (C=O) groups is 1. The number of aliphatic hydroxyl groups excluding tert-OH is 1. The van der Waals surface area contributed by atoms with E-state index in [-0.39, 0.29) is 17.9 Å². The highest BCUT2D eigenvalue weighted by molar-refractivity contribution is 5.82. The smallest absolute Gasteiger partial charge is 0.237 e. The maximum absolute atomic E-state index is 12.5. The minimum Gasteiger partial charge on any atom is -0.388 e. The molecule has 1 aliphatic rings. The van der Waals surface area contributed by atoms with Gasteiger partial charge in [0.25, 0.3) is 0 Å². The number of rotatable bonds is 8. The molecule has 2 unspecified atom stereocenters. The standard InChI is InChI=1S/C19H30N2O3/c1-14(2)18(21-16-9-12-24-13-10-16)19(23)20-11-8-17(22)15-6-4-3-5-7-15/h3-7,14,16-18,21-22H,8-13H2,1-2H3,(H,20,23). The molecule has 0 radical (unpaired) electrons. The third-order valence-electron chi connectivity index (χ3n) is 4.49. The molecule has 1 aromatic carbocycles. The number of hydrogen-bond acceptors (Lipinski definition) is 4. The van der Waals surface area contributed by atoms with Crippen LogP contribution in [0, 0.1) is 5.92 Å². The average Bonchev–Trinajstić information content (AvgIpc) is 2.60. The van der Waals surface area contributed by atoms with Crippen molar-refractivity contribution in [3.05, 3.63) is 35.9 Å². The second-order valence-corrected chi connectivity index (χ2v) is 6.78. The van der Waals surface area contributed by atoms with Gasteiger partial charge in [0.1, 0.15) is 0 Å². The molecular weight excluding hydrogens is 304 g/mol. The quantitative estimate of drug-likeness (QED) is 0.680. The Balaban J connectivity index is 1.77. The van der Waals surface area contributed by atoms with E-state index in [0.29, 0.717) is 19.0 Å². The van der Waals surface area contributed by atoms with E-state index in [1.807, 2.05) is 30.3 Å². The number of aliphatic hydroxyl groups is 1. The molecule has 0 aliphatic carbocycles. The Bertz CT molecular complexity index is 487. The van der Waals surface area contributed by atoms with Gasteiger partial charge in [-0.25, -0.2) is 0 Å². The summed E-state index contributed by atoms with van der Waals surface area (Å²) in [4.78, 5) is 12.5. The summed E-state index contributed by atoms with van der Waals surface area (Å²) in [6.07, 6.45) is 1.86. The fourth-order valence-electron chi connectivity index (χ4n) is 2.97. The van der Waals surface area contributed by atoms with Gasteiger partial charge in [-0.15, -0.1) is 0 Å². The molecule has 134 valence electrons. The van der Waals surface area contributed by atoms with Crippen LogP contribution in [0.5, 0.6) is 0 Å². The number of benzene rings is 1. The van der Waals surface area contributed by atoms with Gasteiger partial charge in [-0.05, 0) is 30.7 Å². The molecule has 3 N–H and O–H groups in total. The highest BCUT2D eigenvalue weighted by Crippen LogP contribution is 2.15. The lowest BCUT2D eigenvalue weighted by molar-refractivity contribution is -0.124. The number of carbonyl (C=O) groups excluding carboxylic acids is 1. The van der Waals surface area contributed by atoms with Gasteiger partial charge in [-0.1, -0.05) is 44.2 Å². The summed E-state index contributed by atoms with van der Waals surface area (Å²) in [5.41, 5.74) is 0.882. The van der Waals surface area contributed by atoms with Crippen LogP contribution in [0.3, 0.4) is 0 Å². The van der Waals surface area contributed by atoms with Crippen LogP contribution < -0.4 is 10.6 Å². The van der Waals surface area contributed by atoms with Crippen molar-refractivity contribution in [2.45, 2.75) is 51.3 Å². The molecule has 1 heterocycles. The molecule has 5 heteroatoms. The summed E-state index contributed by atoms with van der Waals surface area (Å²) < 4.78 is 5.37. The molecular formula is C19H30N2O3. The molecule has 2 atom stereocenters. The molecule has 0 bridgehead atoms. The Hall–Kier alpha value is -1.43. The summed E-state index contributed by atoms with van der Waals surface area (Å²) in [5, 5.41) is 16.6. The van der Waals surface area contributed by atoms with Crippen LogP contribution in [-0.2, 0) is 9.53 Å². The Morgan fingerprint density at radius 1 is 1.25 bits per heavy atom. The van der Waals surface area contributed by atoms with Gasteiger partial charge in [0.15, 0.2) is 0 Å². The van der Waals surface area contributed by atoms with E-state index >= 15 is 0 Å². The molecule has 1 fully saturated rings. The van der Waals surface area contributed by atoms with Crippen molar-refractivity contribution in [3.8, 4) is 0 Å². The van der Waals surface area contributed by atoms with Crippen molar-refractivity contribution in [1.29, 1.82) is 0 Å². The van der Waals surface area contributed by atoms with E-state index in [9.17, 15) is 9.90 Å². The summed E-state index contributed by atoms with van der Waals surface area (Å²) in [7, 11) is 0. The SMILES string of the molecule is CC(C)C(NC1CCOCC1)C(=O)NCCC(O)c1ccccc1. The molecule has 1 saturated heterocycles. The molecule has 0 saturated carbocycles. The topological polar surface area (TPSA) is 70.6 Å². The van der Waals surface area contributed by atoms with Gasteiger partial charge < -0.3 is 20.5 Å². The zero-order chi connectivity index (χ0) is 17.4. The highest BCUT2D eigenvalue weighted by atomic mass is 16.5. The lowest BCUT2D eigenvalue weighted by Gasteiger charge is -2.30. The normalized spacial score (nSPS) is 18.3. The summed E-state index contributed by atoms with van der Waals surface area (Å²) >= 11 is 0. The zero-order valence-corrected chi connectivity index (χ0v) is 14.7. The van der Waals surface area contributed by atoms with Crippen LogP contribution in [0.2, 0.25) is 0 Å². The van der Waals surface area contributed by atoms with E-state index < -0.39 is 6.10 Å². The molecule has 0 aromatic heterocycles. The first kappa shape index (κ1) is 18.9. The third-order valence-corrected chi connectivity index (χ3v) is 4.49. The Morgan fingerprint density at radius 2 is 1.92 bits per heavy atom. The summed E-state index contributed by atoms with van der Waals surface area (Å²) in [6.45, 7) is 6.08. The van der Waals surface area contributed by atoms with Gasteiger partial charge in [0.05, 0.1) is 12.1 Å². The molecule has 24 heavy (non-hydrogen) atoms. The molecule has 5 nitrogen and oxygen atoms in total. The molecule has 2 rings (SSSR count).